The van der Waals surface area contributed by atoms with E-state index in [2.05, 4.69) is 0 Å². The van der Waals surface area contributed by atoms with Gasteiger partial charge in [-0.3, -0.25) is 9.59 Å². The molecular weight excluding hydrogens is 298 g/mol. The van der Waals surface area contributed by atoms with Crippen LogP contribution in [0, 0.1) is 0 Å². The third-order valence-corrected chi connectivity index (χ3v) is 4.08. The number of sulfonamides is 1. The van der Waals surface area contributed by atoms with E-state index >= 15 is 0 Å². The zero-order valence-electron chi connectivity index (χ0n) is 9.48. The molecule has 2 N–H and O–H groups in total. The number of benzene rings is 1. The normalized spacial score (nSPS) is 11.5. The van der Waals surface area contributed by atoms with Crippen LogP contribution in [0.15, 0.2) is 29.2 Å². The molecule has 1 aromatic carbocycles. The standard InChI is InChI=1S/C10H10ClNO6S/c11-7-2-1-3-8(4-7)19(17,18)12(5-9(13)14)6-10(15)16/h1-4H,5-6H2,(H,13,14)(H,15,16). The van der Waals surface area contributed by atoms with Crippen LogP contribution in [0.1, 0.15) is 0 Å². The largest absolute Gasteiger partial charge is 0.480 e. The fraction of sp³-hybridized carbons (Fsp3) is 0.200. The first kappa shape index (κ1) is 15.4. The Hall–Kier alpha value is -1.64. The molecule has 0 atom stereocenters. The van der Waals surface area contributed by atoms with Crippen LogP contribution in [-0.4, -0.2) is 48.0 Å². The summed E-state index contributed by atoms with van der Waals surface area (Å²) in [6.07, 6.45) is 0. The van der Waals surface area contributed by atoms with Crippen LogP contribution in [0.2, 0.25) is 5.02 Å². The molecule has 0 aliphatic heterocycles. The second-order valence-electron chi connectivity index (χ2n) is 3.52. The van der Waals surface area contributed by atoms with Crippen molar-refractivity contribution in [1.29, 1.82) is 0 Å². The van der Waals surface area contributed by atoms with E-state index in [4.69, 9.17) is 21.8 Å². The molecule has 0 aromatic heterocycles. The van der Waals surface area contributed by atoms with Gasteiger partial charge in [0, 0.05) is 5.02 Å². The maximum absolute atomic E-state index is 12.1. The van der Waals surface area contributed by atoms with E-state index in [1.165, 1.54) is 18.2 Å². The zero-order chi connectivity index (χ0) is 14.6. The lowest BCUT2D eigenvalue weighted by Gasteiger charge is -2.18. The van der Waals surface area contributed by atoms with Crippen molar-refractivity contribution in [1.82, 2.24) is 4.31 Å². The number of rotatable bonds is 6. The third kappa shape index (κ3) is 4.19. The third-order valence-electron chi connectivity index (χ3n) is 2.06. The average Bonchev–Trinajstić information content (AvgIpc) is 2.26. The predicted molar refractivity (Wildman–Crippen MR) is 65.5 cm³/mol. The highest BCUT2D eigenvalue weighted by atomic mass is 35.5. The molecule has 0 unspecified atom stereocenters. The molecule has 0 saturated heterocycles. The lowest BCUT2D eigenvalue weighted by atomic mass is 10.4. The lowest BCUT2D eigenvalue weighted by molar-refractivity contribution is -0.139. The smallest absolute Gasteiger partial charge is 0.318 e. The van der Waals surface area contributed by atoms with Crippen molar-refractivity contribution >= 4 is 33.6 Å². The number of hydrogen-bond donors (Lipinski definition) is 2. The first-order chi connectivity index (χ1) is 8.73. The fourth-order valence-corrected chi connectivity index (χ4v) is 2.94. The highest BCUT2D eigenvalue weighted by Crippen LogP contribution is 2.19. The molecule has 0 fully saturated rings. The first-order valence-corrected chi connectivity index (χ1v) is 6.74. The predicted octanol–water partition coefficient (Wildman–Crippen LogP) is 0.500. The van der Waals surface area contributed by atoms with Gasteiger partial charge in [-0.25, -0.2) is 8.42 Å². The van der Waals surface area contributed by atoms with Gasteiger partial charge in [0.2, 0.25) is 10.0 Å². The highest BCUT2D eigenvalue weighted by Gasteiger charge is 2.28. The van der Waals surface area contributed by atoms with Gasteiger partial charge in [0.1, 0.15) is 13.1 Å². The number of halogens is 1. The number of nitrogens with zero attached hydrogens (tertiary/aromatic N) is 1. The average molecular weight is 308 g/mol. The van der Waals surface area contributed by atoms with Crippen molar-refractivity contribution in [2.24, 2.45) is 0 Å². The van der Waals surface area contributed by atoms with Crippen LogP contribution in [0.4, 0.5) is 0 Å². The Kier molecular flexibility index (Phi) is 4.87. The van der Waals surface area contributed by atoms with Gasteiger partial charge in [0.15, 0.2) is 0 Å². The molecule has 1 rings (SSSR count). The van der Waals surface area contributed by atoms with E-state index < -0.39 is 35.1 Å². The van der Waals surface area contributed by atoms with Crippen LogP contribution in [0.5, 0.6) is 0 Å². The summed E-state index contributed by atoms with van der Waals surface area (Å²) in [6.45, 7) is -1.89. The van der Waals surface area contributed by atoms with Crippen LogP contribution in [0.3, 0.4) is 0 Å². The molecule has 0 spiro atoms. The quantitative estimate of drug-likeness (QED) is 0.791. The van der Waals surface area contributed by atoms with Crippen molar-refractivity contribution in [2.45, 2.75) is 4.90 Å². The van der Waals surface area contributed by atoms with E-state index in [0.29, 0.717) is 4.31 Å². The van der Waals surface area contributed by atoms with Crippen LogP contribution in [-0.2, 0) is 19.6 Å². The molecule has 9 heteroatoms. The minimum atomic E-state index is -4.23. The van der Waals surface area contributed by atoms with E-state index in [-0.39, 0.29) is 9.92 Å². The van der Waals surface area contributed by atoms with Crippen molar-refractivity contribution in [2.75, 3.05) is 13.1 Å². The Bertz CT molecular complexity index is 584. The maximum Gasteiger partial charge on any atom is 0.318 e. The van der Waals surface area contributed by atoms with Gasteiger partial charge in [-0.2, -0.15) is 4.31 Å². The fourth-order valence-electron chi connectivity index (χ4n) is 1.30. The SMILES string of the molecule is O=C(O)CN(CC(=O)O)S(=O)(=O)c1cccc(Cl)c1. The number of carbonyl (C=O) groups is 2. The van der Waals surface area contributed by atoms with Crippen molar-refractivity contribution < 1.29 is 28.2 Å². The summed E-state index contributed by atoms with van der Waals surface area (Å²) in [4.78, 5) is 21.0. The van der Waals surface area contributed by atoms with E-state index in [1.54, 1.807) is 0 Å². The molecule has 104 valence electrons. The van der Waals surface area contributed by atoms with Crippen LogP contribution >= 0.6 is 11.6 Å². The molecule has 0 aliphatic rings. The van der Waals surface area contributed by atoms with Gasteiger partial charge in [-0.05, 0) is 18.2 Å². The van der Waals surface area contributed by atoms with Gasteiger partial charge in [-0.1, -0.05) is 17.7 Å². The number of hydrogen-bond acceptors (Lipinski definition) is 4. The second kappa shape index (κ2) is 6.00. The summed E-state index contributed by atoms with van der Waals surface area (Å²) in [7, 11) is -4.23. The summed E-state index contributed by atoms with van der Waals surface area (Å²) in [6, 6.07) is 5.14. The Morgan fingerprint density at radius 1 is 1.16 bits per heavy atom. The van der Waals surface area contributed by atoms with Gasteiger partial charge in [-0.15, -0.1) is 0 Å². The second-order valence-corrected chi connectivity index (χ2v) is 5.89. The Balaban J connectivity index is 3.18. The minimum Gasteiger partial charge on any atom is -0.480 e. The topological polar surface area (TPSA) is 112 Å². The molecule has 0 radical (unpaired) electrons. The van der Waals surface area contributed by atoms with Crippen LogP contribution < -0.4 is 0 Å². The van der Waals surface area contributed by atoms with Gasteiger partial charge >= 0.3 is 11.9 Å². The molecule has 1 aromatic rings. The molecule has 0 heterocycles. The Morgan fingerprint density at radius 3 is 2.11 bits per heavy atom. The lowest BCUT2D eigenvalue weighted by Crippen LogP contribution is -2.39. The Morgan fingerprint density at radius 2 is 1.68 bits per heavy atom. The first-order valence-electron chi connectivity index (χ1n) is 4.93. The van der Waals surface area contributed by atoms with Crippen molar-refractivity contribution in [3.63, 3.8) is 0 Å². The summed E-state index contributed by atoms with van der Waals surface area (Å²) in [5.74, 6) is -2.90. The zero-order valence-corrected chi connectivity index (χ0v) is 11.1. The Labute approximate surface area is 114 Å². The molecule has 19 heavy (non-hydrogen) atoms. The number of carboxylic acids is 2. The van der Waals surface area contributed by atoms with E-state index in [0.717, 1.165) is 6.07 Å². The van der Waals surface area contributed by atoms with Crippen molar-refractivity contribution in [3.05, 3.63) is 29.3 Å². The summed E-state index contributed by atoms with van der Waals surface area (Å²) in [5, 5.41) is 17.4. The van der Waals surface area contributed by atoms with Gasteiger partial charge in [0.25, 0.3) is 0 Å². The molecular formula is C10H10ClNO6S. The van der Waals surface area contributed by atoms with E-state index in [9.17, 15) is 18.0 Å². The maximum atomic E-state index is 12.1. The monoisotopic (exact) mass is 307 g/mol. The molecule has 0 amide bonds. The molecule has 0 aliphatic carbocycles. The number of aliphatic carboxylic acids is 2. The molecule has 7 nitrogen and oxygen atoms in total. The molecule has 0 bridgehead atoms. The molecule has 0 saturated carbocycles. The highest BCUT2D eigenvalue weighted by molar-refractivity contribution is 7.89. The minimum absolute atomic E-state index is 0.145. The summed E-state index contributed by atoms with van der Waals surface area (Å²) < 4.78 is 24.5. The van der Waals surface area contributed by atoms with Crippen LogP contribution in [0.25, 0.3) is 0 Å². The summed E-state index contributed by atoms with van der Waals surface area (Å²) >= 11 is 5.65. The van der Waals surface area contributed by atoms with E-state index in [1.807, 2.05) is 0 Å². The summed E-state index contributed by atoms with van der Waals surface area (Å²) in [5.41, 5.74) is 0. The van der Waals surface area contributed by atoms with Gasteiger partial charge < -0.3 is 10.2 Å². The van der Waals surface area contributed by atoms with Crippen molar-refractivity contribution in [3.8, 4) is 0 Å². The van der Waals surface area contributed by atoms with Gasteiger partial charge in [0.05, 0.1) is 4.90 Å². The number of carboxylic acid groups (broad SMARTS) is 2.